The van der Waals surface area contributed by atoms with Crippen molar-refractivity contribution in [3.8, 4) is 0 Å². The maximum absolute atomic E-state index is 12.8. The van der Waals surface area contributed by atoms with Gasteiger partial charge in [-0.2, -0.15) is 0 Å². The molecule has 9 nitrogen and oxygen atoms in total. The third-order valence-electron chi connectivity index (χ3n) is 4.50. The number of rotatable bonds is 10. The van der Waals surface area contributed by atoms with Crippen LogP contribution in [0.5, 0.6) is 0 Å². The van der Waals surface area contributed by atoms with Crippen molar-refractivity contribution >= 4 is 35.5 Å². The van der Waals surface area contributed by atoms with Gasteiger partial charge in [0.1, 0.15) is 11.7 Å². The molecule has 0 spiro atoms. The van der Waals surface area contributed by atoms with Crippen LogP contribution in [0.15, 0.2) is 60.3 Å². The first-order valence-corrected chi connectivity index (χ1v) is 9.78. The third-order valence-corrected chi connectivity index (χ3v) is 4.50. The van der Waals surface area contributed by atoms with Gasteiger partial charge in [-0.1, -0.05) is 30.3 Å². The van der Waals surface area contributed by atoms with Crippen molar-refractivity contribution < 1.29 is 29.4 Å². The minimum Gasteiger partial charge on any atom is -0.481 e. The van der Waals surface area contributed by atoms with Crippen LogP contribution in [0.3, 0.4) is 0 Å². The fraction of sp³-hybridized carbons (Fsp3) is 0.217. The Bertz CT molecular complexity index is 1000. The van der Waals surface area contributed by atoms with Crippen molar-refractivity contribution in [1.29, 1.82) is 0 Å². The van der Waals surface area contributed by atoms with Gasteiger partial charge in [0.2, 0.25) is 0 Å². The van der Waals surface area contributed by atoms with Crippen LogP contribution >= 0.6 is 0 Å². The number of carbonyl (C=O) groups is 4. The number of benzene rings is 2. The van der Waals surface area contributed by atoms with Gasteiger partial charge in [0.05, 0.1) is 0 Å². The van der Waals surface area contributed by atoms with Gasteiger partial charge in [0.25, 0.3) is 11.8 Å². The van der Waals surface area contributed by atoms with Crippen molar-refractivity contribution in [1.82, 2.24) is 10.6 Å². The second-order valence-electron chi connectivity index (χ2n) is 7.16. The topological polar surface area (TPSA) is 136 Å². The lowest BCUT2D eigenvalue weighted by Crippen LogP contribution is -2.44. The van der Waals surface area contributed by atoms with Crippen LogP contribution in [0.1, 0.15) is 28.8 Å². The van der Waals surface area contributed by atoms with E-state index in [0.717, 1.165) is 5.69 Å². The highest BCUT2D eigenvalue weighted by atomic mass is 16.4. The lowest BCUT2D eigenvalue weighted by molar-refractivity contribution is -0.142. The van der Waals surface area contributed by atoms with E-state index < -0.39 is 36.2 Å². The fourth-order valence-electron chi connectivity index (χ4n) is 2.74. The third kappa shape index (κ3) is 7.28. The number of hydrogen-bond acceptors (Lipinski definition) is 5. The highest BCUT2D eigenvalue weighted by molar-refractivity contribution is 6.06. The molecule has 0 aliphatic rings. The predicted molar refractivity (Wildman–Crippen MR) is 119 cm³/mol. The van der Waals surface area contributed by atoms with Gasteiger partial charge >= 0.3 is 11.9 Å². The standard InChI is InChI=1S/C23H25N3O6/c1-26(2)17-10-8-15(9-11-17)14-19(25-21(29)16-6-4-3-5-7-16)22(30)24-18(23(31)32)12-13-20(27)28/h3-11,14,18H,12-13H2,1-2H3,(H,24,30)(H,25,29)(H,27,28)(H,31,32)/b19-14+. The van der Waals surface area contributed by atoms with E-state index in [1.165, 1.54) is 6.08 Å². The van der Waals surface area contributed by atoms with Gasteiger partial charge in [-0.25, -0.2) is 4.79 Å². The molecule has 0 heterocycles. The average molecular weight is 439 g/mol. The molecule has 0 saturated heterocycles. The van der Waals surface area contributed by atoms with E-state index in [1.54, 1.807) is 42.5 Å². The SMILES string of the molecule is CN(C)c1ccc(/C=C(/NC(=O)c2ccccc2)C(=O)NC(CCC(=O)O)C(=O)O)cc1. The van der Waals surface area contributed by atoms with Gasteiger partial charge in [-0.3, -0.25) is 14.4 Å². The molecule has 0 aliphatic heterocycles. The summed E-state index contributed by atoms with van der Waals surface area (Å²) in [6.07, 6.45) is 0.693. The molecule has 1 unspecified atom stereocenters. The average Bonchev–Trinajstić information content (AvgIpc) is 2.76. The first kappa shape index (κ1) is 24.1. The van der Waals surface area contributed by atoms with Crippen LogP contribution in [0.25, 0.3) is 6.08 Å². The summed E-state index contributed by atoms with van der Waals surface area (Å²) < 4.78 is 0. The molecule has 9 heteroatoms. The summed E-state index contributed by atoms with van der Waals surface area (Å²) in [6, 6.07) is 14.0. The highest BCUT2D eigenvalue weighted by Crippen LogP contribution is 2.15. The molecule has 0 aliphatic carbocycles. The number of aliphatic carboxylic acids is 2. The molecule has 4 N–H and O–H groups in total. The molecule has 2 aromatic rings. The Labute approximate surface area is 185 Å². The summed E-state index contributed by atoms with van der Waals surface area (Å²) >= 11 is 0. The van der Waals surface area contributed by atoms with Crippen molar-refractivity contribution in [3.05, 3.63) is 71.4 Å². The summed E-state index contributed by atoms with van der Waals surface area (Å²) in [7, 11) is 3.76. The molecule has 0 radical (unpaired) electrons. The Hall–Kier alpha value is -4.14. The van der Waals surface area contributed by atoms with Gasteiger partial charge in [0, 0.05) is 31.8 Å². The van der Waals surface area contributed by atoms with Gasteiger partial charge in [-0.05, 0) is 42.3 Å². The molecule has 1 atom stereocenters. The van der Waals surface area contributed by atoms with Gasteiger partial charge in [0.15, 0.2) is 0 Å². The first-order valence-electron chi connectivity index (χ1n) is 9.78. The minimum absolute atomic E-state index is 0.168. The van der Waals surface area contributed by atoms with Gasteiger partial charge in [-0.15, -0.1) is 0 Å². The lowest BCUT2D eigenvalue weighted by Gasteiger charge is -2.16. The van der Waals surface area contributed by atoms with Crippen LogP contribution in [0.2, 0.25) is 0 Å². The smallest absolute Gasteiger partial charge is 0.326 e. The van der Waals surface area contributed by atoms with E-state index in [9.17, 15) is 24.3 Å². The largest absolute Gasteiger partial charge is 0.481 e. The maximum Gasteiger partial charge on any atom is 0.326 e. The molecule has 0 bridgehead atoms. The zero-order valence-corrected chi connectivity index (χ0v) is 17.7. The zero-order valence-electron chi connectivity index (χ0n) is 17.7. The number of nitrogens with one attached hydrogen (secondary N) is 2. The first-order chi connectivity index (χ1) is 15.2. The van der Waals surface area contributed by atoms with E-state index in [1.807, 2.05) is 31.1 Å². The second-order valence-corrected chi connectivity index (χ2v) is 7.16. The Morgan fingerprint density at radius 2 is 1.59 bits per heavy atom. The molecule has 168 valence electrons. The number of nitrogens with zero attached hydrogens (tertiary/aromatic N) is 1. The van der Waals surface area contributed by atoms with E-state index in [2.05, 4.69) is 10.6 Å². The van der Waals surface area contributed by atoms with Crippen LogP contribution in [0, 0.1) is 0 Å². The Kier molecular flexibility index (Phi) is 8.53. The summed E-state index contributed by atoms with van der Waals surface area (Å²) in [5.74, 6) is -3.94. The molecular weight excluding hydrogens is 414 g/mol. The monoisotopic (exact) mass is 439 g/mol. The van der Waals surface area contributed by atoms with Crippen LogP contribution in [-0.4, -0.2) is 54.1 Å². The van der Waals surface area contributed by atoms with Crippen LogP contribution < -0.4 is 15.5 Å². The molecule has 2 aromatic carbocycles. The van der Waals surface area contributed by atoms with E-state index >= 15 is 0 Å². The van der Waals surface area contributed by atoms with E-state index in [4.69, 9.17) is 5.11 Å². The quantitative estimate of drug-likeness (QED) is 0.416. The van der Waals surface area contributed by atoms with Crippen molar-refractivity contribution in [2.45, 2.75) is 18.9 Å². The van der Waals surface area contributed by atoms with Crippen molar-refractivity contribution in [3.63, 3.8) is 0 Å². The zero-order chi connectivity index (χ0) is 23.7. The number of amides is 2. The summed E-state index contributed by atoms with van der Waals surface area (Å²) in [6.45, 7) is 0. The predicted octanol–water partition coefficient (Wildman–Crippen LogP) is 1.96. The van der Waals surface area contributed by atoms with E-state index in [-0.39, 0.29) is 12.1 Å². The van der Waals surface area contributed by atoms with Gasteiger partial charge < -0.3 is 25.7 Å². The molecular formula is C23H25N3O6. The molecule has 2 rings (SSSR count). The van der Waals surface area contributed by atoms with Crippen molar-refractivity contribution in [2.24, 2.45) is 0 Å². The lowest BCUT2D eigenvalue weighted by atomic mass is 10.1. The Morgan fingerprint density at radius 3 is 2.12 bits per heavy atom. The molecule has 0 saturated carbocycles. The van der Waals surface area contributed by atoms with Crippen LogP contribution in [-0.2, 0) is 14.4 Å². The number of hydrogen-bond donors (Lipinski definition) is 4. The Morgan fingerprint density at radius 1 is 0.969 bits per heavy atom. The van der Waals surface area contributed by atoms with Crippen LogP contribution in [0.4, 0.5) is 5.69 Å². The molecule has 2 amide bonds. The fourth-order valence-corrected chi connectivity index (χ4v) is 2.74. The number of anilines is 1. The summed E-state index contributed by atoms with van der Waals surface area (Å²) in [5, 5.41) is 22.9. The normalized spacial score (nSPS) is 11.9. The minimum atomic E-state index is -1.42. The number of carboxylic acid groups (broad SMARTS) is 2. The number of carboxylic acids is 2. The van der Waals surface area contributed by atoms with E-state index in [0.29, 0.717) is 11.1 Å². The molecule has 0 aromatic heterocycles. The second kappa shape index (κ2) is 11.3. The number of carbonyl (C=O) groups excluding carboxylic acids is 2. The maximum atomic E-state index is 12.8. The van der Waals surface area contributed by atoms with Crippen molar-refractivity contribution in [2.75, 3.05) is 19.0 Å². The molecule has 0 fully saturated rings. The summed E-state index contributed by atoms with van der Waals surface area (Å²) in [5.41, 5.74) is 1.68. The Balaban J connectivity index is 2.31. The summed E-state index contributed by atoms with van der Waals surface area (Å²) in [4.78, 5) is 49.6. The highest BCUT2D eigenvalue weighted by Gasteiger charge is 2.24. The molecule has 32 heavy (non-hydrogen) atoms.